The molecule has 0 heterocycles. The zero-order valence-corrected chi connectivity index (χ0v) is 16.9. The molecule has 0 aliphatic carbocycles. The van der Waals surface area contributed by atoms with Gasteiger partial charge in [0.05, 0.1) is 20.3 Å². The van der Waals surface area contributed by atoms with E-state index >= 15 is 0 Å². The smallest absolute Gasteiger partial charge is 0.245 e. The highest BCUT2D eigenvalue weighted by atomic mass is 16.5. The molecular weight excluding hydrogens is 362 g/mol. The van der Waals surface area contributed by atoms with E-state index in [0.717, 1.165) is 33.8 Å². The van der Waals surface area contributed by atoms with Crippen molar-refractivity contribution < 1.29 is 14.3 Å². The molecule has 0 spiro atoms. The van der Waals surface area contributed by atoms with Gasteiger partial charge in [-0.15, -0.1) is 0 Å². The van der Waals surface area contributed by atoms with Gasteiger partial charge in [-0.3, -0.25) is 4.79 Å². The van der Waals surface area contributed by atoms with Crippen LogP contribution in [0.4, 0.5) is 0 Å². The van der Waals surface area contributed by atoms with Gasteiger partial charge in [0.1, 0.15) is 11.5 Å². The van der Waals surface area contributed by atoms with E-state index in [9.17, 15) is 4.79 Å². The van der Waals surface area contributed by atoms with Gasteiger partial charge in [0, 0.05) is 6.08 Å². The van der Waals surface area contributed by atoms with Gasteiger partial charge in [-0.2, -0.15) is 0 Å². The summed E-state index contributed by atoms with van der Waals surface area (Å²) in [6.45, 7) is 1.97. The molecule has 3 aromatic rings. The molecule has 3 aromatic carbocycles. The Kier molecular flexibility index (Phi) is 6.69. The van der Waals surface area contributed by atoms with Crippen molar-refractivity contribution in [2.24, 2.45) is 0 Å². The van der Waals surface area contributed by atoms with Crippen molar-refractivity contribution in [1.82, 2.24) is 5.32 Å². The second-order valence-corrected chi connectivity index (χ2v) is 6.66. The lowest BCUT2D eigenvalue weighted by atomic mass is 9.97. The number of benzene rings is 3. The molecule has 0 saturated carbocycles. The summed E-state index contributed by atoms with van der Waals surface area (Å²) < 4.78 is 10.5. The predicted octanol–water partition coefficient (Wildman–Crippen LogP) is 5.01. The molecule has 0 aliphatic heterocycles. The maximum Gasteiger partial charge on any atom is 0.245 e. The number of carbonyl (C=O) groups excluding carboxylic acids is 1. The van der Waals surface area contributed by atoms with E-state index < -0.39 is 0 Å². The highest BCUT2D eigenvalue weighted by Gasteiger charge is 2.12. The summed E-state index contributed by atoms with van der Waals surface area (Å²) >= 11 is 0. The normalized spacial score (nSPS) is 11.3. The molecule has 4 nitrogen and oxygen atoms in total. The minimum Gasteiger partial charge on any atom is -0.497 e. The molecule has 0 fully saturated rings. The minimum absolute atomic E-state index is 0.0899. The van der Waals surface area contributed by atoms with Crippen molar-refractivity contribution in [3.63, 3.8) is 0 Å². The number of carbonyl (C=O) groups is 1. The summed E-state index contributed by atoms with van der Waals surface area (Å²) in [5, 5.41) is 3.05. The monoisotopic (exact) mass is 387 g/mol. The fourth-order valence-corrected chi connectivity index (χ4v) is 3.09. The largest absolute Gasteiger partial charge is 0.497 e. The van der Waals surface area contributed by atoms with E-state index in [1.54, 1.807) is 20.3 Å². The maximum atomic E-state index is 12.8. The van der Waals surface area contributed by atoms with Crippen molar-refractivity contribution in [1.29, 1.82) is 0 Å². The number of methoxy groups -OCH3 is 2. The number of hydrogen-bond donors (Lipinski definition) is 1. The molecule has 0 radical (unpaired) electrons. The van der Waals surface area contributed by atoms with Crippen LogP contribution in [0, 0.1) is 0 Å². The molecule has 1 atom stereocenters. The van der Waals surface area contributed by atoms with E-state index in [1.807, 2.05) is 85.8 Å². The molecule has 148 valence electrons. The van der Waals surface area contributed by atoms with Crippen LogP contribution in [0.5, 0.6) is 11.5 Å². The van der Waals surface area contributed by atoms with E-state index in [4.69, 9.17) is 9.47 Å². The second-order valence-electron chi connectivity index (χ2n) is 6.66. The van der Waals surface area contributed by atoms with Crippen molar-refractivity contribution in [2.75, 3.05) is 14.2 Å². The lowest BCUT2D eigenvalue weighted by Crippen LogP contribution is -2.25. The van der Waals surface area contributed by atoms with Gasteiger partial charge in [0.15, 0.2) is 0 Å². The Hall–Kier alpha value is -3.53. The number of ether oxygens (including phenoxy) is 2. The molecule has 4 heteroatoms. The molecule has 0 aliphatic rings. The summed E-state index contributed by atoms with van der Waals surface area (Å²) in [5.41, 5.74) is 3.75. The topological polar surface area (TPSA) is 47.6 Å². The highest BCUT2D eigenvalue weighted by molar-refractivity contribution is 5.99. The molecule has 0 saturated heterocycles. The Morgan fingerprint density at radius 1 is 0.793 bits per heavy atom. The van der Waals surface area contributed by atoms with Crippen LogP contribution in [0.3, 0.4) is 0 Å². The van der Waals surface area contributed by atoms with Crippen molar-refractivity contribution in [3.8, 4) is 11.5 Å². The van der Waals surface area contributed by atoms with Gasteiger partial charge in [0.25, 0.3) is 0 Å². The summed E-state index contributed by atoms with van der Waals surface area (Å²) in [7, 11) is 3.27. The molecule has 0 aromatic heterocycles. The van der Waals surface area contributed by atoms with E-state index in [1.165, 1.54) is 0 Å². The third-order valence-electron chi connectivity index (χ3n) is 4.74. The van der Waals surface area contributed by atoms with Gasteiger partial charge < -0.3 is 14.8 Å². The average molecular weight is 387 g/mol. The first-order valence-electron chi connectivity index (χ1n) is 9.46. The van der Waals surface area contributed by atoms with Gasteiger partial charge in [-0.1, -0.05) is 54.6 Å². The highest BCUT2D eigenvalue weighted by Crippen LogP contribution is 2.27. The van der Waals surface area contributed by atoms with Crippen LogP contribution in [0.15, 0.2) is 84.9 Å². The summed E-state index contributed by atoms with van der Waals surface area (Å²) in [5.74, 6) is 1.39. The van der Waals surface area contributed by atoms with E-state index in [0.29, 0.717) is 0 Å². The Bertz CT molecular complexity index is 912. The fraction of sp³-hybridized carbons (Fsp3) is 0.160. The Balaban J connectivity index is 1.91. The molecule has 29 heavy (non-hydrogen) atoms. The van der Waals surface area contributed by atoms with Crippen LogP contribution in [0.25, 0.3) is 5.57 Å². The third-order valence-corrected chi connectivity index (χ3v) is 4.74. The van der Waals surface area contributed by atoms with Crippen LogP contribution in [-0.2, 0) is 4.79 Å². The van der Waals surface area contributed by atoms with Crippen molar-refractivity contribution in [2.45, 2.75) is 13.0 Å². The zero-order chi connectivity index (χ0) is 20.6. The summed E-state index contributed by atoms with van der Waals surface area (Å²) in [6, 6.07) is 25.1. The molecular formula is C25H25NO3. The van der Waals surface area contributed by atoms with E-state index in [-0.39, 0.29) is 11.9 Å². The van der Waals surface area contributed by atoms with Gasteiger partial charge in [0.2, 0.25) is 5.91 Å². The van der Waals surface area contributed by atoms with Crippen LogP contribution in [0.2, 0.25) is 0 Å². The van der Waals surface area contributed by atoms with Crippen LogP contribution < -0.4 is 14.8 Å². The van der Waals surface area contributed by atoms with Crippen LogP contribution in [-0.4, -0.2) is 20.1 Å². The SMILES string of the molecule is COc1ccc(C(=CC(=O)NC(C)c2ccccc2)c2ccc(OC)cc2)cc1. The first-order chi connectivity index (χ1) is 14.1. The fourth-order valence-electron chi connectivity index (χ4n) is 3.09. The lowest BCUT2D eigenvalue weighted by Gasteiger charge is -2.14. The van der Waals surface area contributed by atoms with E-state index in [2.05, 4.69) is 5.32 Å². The standard InChI is InChI=1S/C25H25NO3/c1-18(19-7-5-4-6-8-19)26-25(27)17-24(20-9-13-22(28-2)14-10-20)21-11-15-23(29-3)16-12-21/h4-18H,1-3H3,(H,26,27). The number of hydrogen-bond acceptors (Lipinski definition) is 3. The first kappa shape index (κ1) is 20.2. The zero-order valence-electron chi connectivity index (χ0n) is 16.9. The van der Waals surface area contributed by atoms with Crippen LogP contribution in [0.1, 0.15) is 29.7 Å². The second kappa shape index (κ2) is 9.60. The van der Waals surface area contributed by atoms with Gasteiger partial charge in [-0.05, 0) is 53.5 Å². The number of rotatable bonds is 7. The Morgan fingerprint density at radius 2 is 1.28 bits per heavy atom. The average Bonchev–Trinajstić information content (AvgIpc) is 2.78. The summed E-state index contributed by atoms with van der Waals surface area (Å²) in [6.07, 6.45) is 1.64. The number of amides is 1. The number of nitrogens with one attached hydrogen (secondary N) is 1. The quantitative estimate of drug-likeness (QED) is 0.580. The molecule has 3 rings (SSSR count). The van der Waals surface area contributed by atoms with Gasteiger partial charge >= 0.3 is 0 Å². The molecule has 1 N–H and O–H groups in total. The van der Waals surface area contributed by atoms with Crippen molar-refractivity contribution in [3.05, 3.63) is 102 Å². The van der Waals surface area contributed by atoms with Crippen molar-refractivity contribution >= 4 is 11.5 Å². The van der Waals surface area contributed by atoms with Crippen LogP contribution >= 0.6 is 0 Å². The molecule has 0 bridgehead atoms. The Morgan fingerprint density at radius 3 is 1.72 bits per heavy atom. The maximum absolute atomic E-state index is 12.8. The Labute approximate surface area is 171 Å². The third kappa shape index (κ3) is 5.26. The molecule has 1 amide bonds. The predicted molar refractivity (Wildman–Crippen MR) is 116 cm³/mol. The first-order valence-corrected chi connectivity index (χ1v) is 9.46. The summed E-state index contributed by atoms with van der Waals surface area (Å²) in [4.78, 5) is 12.8. The van der Waals surface area contributed by atoms with Gasteiger partial charge in [-0.25, -0.2) is 0 Å². The molecule has 1 unspecified atom stereocenters. The lowest BCUT2D eigenvalue weighted by molar-refractivity contribution is -0.117. The minimum atomic E-state index is -0.150.